The van der Waals surface area contributed by atoms with Gasteiger partial charge >= 0.3 is 0 Å². The lowest BCUT2D eigenvalue weighted by atomic mass is 10.0. The standard InChI is InChI=1S/C22H17F3N2O2/c1-12-16(7-9-29-12)22(28)26-8-6-17-18-10-15(24)11-19(25)21(18)27-20(17)13-2-4-14(23)5-3-13/h2-5,7,9-11,27H,6,8H2,1H3,(H,26,28). The van der Waals surface area contributed by atoms with Crippen molar-refractivity contribution in [3.05, 3.63) is 83.1 Å². The van der Waals surface area contributed by atoms with E-state index in [1.807, 2.05) is 0 Å². The topological polar surface area (TPSA) is 58.0 Å². The van der Waals surface area contributed by atoms with Gasteiger partial charge in [-0.05, 0) is 60.9 Å². The number of H-pyrrole nitrogens is 1. The average molecular weight is 398 g/mol. The number of furan rings is 1. The van der Waals surface area contributed by atoms with Gasteiger partial charge in [-0.15, -0.1) is 0 Å². The van der Waals surface area contributed by atoms with Crippen LogP contribution in [0, 0.1) is 24.4 Å². The molecule has 1 amide bonds. The highest BCUT2D eigenvalue weighted by molar-refractivity contribution is 5.95. The van der Waals surface area contributed by atoms with Crippen molar-refractivity contribution >= 4 is 16.8 Å². The maximum Gasteiger partial charge on any atom is 0.254 e. The van der Waals surface area contributed by atoms with Crippen LogP contribution in [0.4, 0.5) is 13.2 Å². The number of nitrogens with one attached hydrogen (secondary N) is 2. The van der Waals surface area contributed by atoms with Crippen LogP contribution in [0.5, 0.6) is 0 Å². The number of amides is 1. The summed E-state index contributed by atoms with van der Waals surface area (Å²) in [5, 5.41) is 3.17. The lowest BCUT2D eigenvalue weighted by molar-refractivity contribution is 0.0952. The predicted octanol–water partition coefficient (Wildman–Crippen LogP) is 5.13. The van der Waals surface area contributed by atoms with E-state index in [-0.39, 0.29) is 18.0 Å². The van der Waals surface area contributed by atoms with E-state index in [0.29, 0.717) is 40.0 Å². The van der Waals surface area contributed by atoms with Crippen LogP contribution in [0.25, 0.3) is 22.2 Å². The number of benzene rings is 2. The summed E-state index contributed by atoms with van der Waals surface area (Å²) in [6.07, 6.45) is 1.75. The molecule has 4 aromatic rings. The largest absolute Gasteiger partial charge is 0.469 e. The highest BCUT2D eigenvalue weighted by Gasteiger charge is 2.18. The van der Waals surface area contributed by atoms with Crippen LogP contribution in [0.15, 0.2) is 53.1 Å². The Balaban J connectivity index is 1.67. The molecule has 4 rings (SSSR count). The monoisotopic (exact) mass is 398 g/mol. The minimum atomic E-state index is -0.715. The molecule has 0 radical (unpaired) electrons. The summed E-state index contributed by atoms with van der Waals surface area (Å²) in [6, 6.07) is 9.34. The van der Waals surface area contributed by atoms with Crippen LogP contribution in [0.1, 0.15) is 21.7 Å². The molecule has 0 aliphatic carbocycles. The Labute approximate surface area is 164 Å². The Morgan fingerprint density at radius 3 is 2.52 bits per heavy atom. The molecular formula is C22H17F3N2O2. The number of hydrogen-bond acceptors (Lipinski definition) is 2. The fourth-order valence-corrected chi connectivity index (χ4v) is 3.41. The van der Waals surface area contributed by atoms with Gasteiger partial charge in [-0.3, -0.25) is 4.79 Å². The molecule has 2 N–H and O–H groups in total. The highest BCUT2D eigenvalue weighted by atomic mass is 19.1. The molecule has 0 unspecified atom stereocenters. The lowest BCUT2D eigenvalue weighted by Crippen LogP contribution is -2.25. The van der Waals surface area contributed by atoms with Crippen molar-refractivity contribution in [1.29, 1.82) is 0 Å². The van der Waals surface area contributed by atoms with Crippen molar-refractivity contribution in [2.75, 3.05) is 6.54 Å². The first-order valence-corrected chi connectivity index (χ1v) is 9.02. The Hall–Kier alpha value is -3.48. The van der Waals surface area contributed by atoms with Gasteiger partial charge in [0.2, 0.25) is 0 Å². The molecule has 0 aliphatic rings. The second-order valence-electron chi connectivity index (χ2n) is 6.69. The lowest BCUT2D eigenvalue weighted by Gasteiger charge is -2.07. The van der Waals surface area contributed by atoms with E-state index >= 15 is 0 Å². The van der Waals surface area contributed by atoms with Crippen LogP contribution in [-0.4, -0.2) is 17.4 Å². The van der Waals surface area contributed by atoms with Gasteiger partial charge in [0.25, 0.3) is 5.91 Å². The van der Waals surface area contributed by atoms with E-state index < -0.39 is 17.5 Å². The number of hydrogen-bond donors (Lipinski definition) is 2. The molecule has 2 aromatic heterocycles. The number of aromatic nitrogens is 1. The number of carbonyl (C=O) groups excluding carboxylic acids is 1. The van der Waals surface area contributed by atoms with Gasteiger partial charge < -0.3 is 14.7 Å². The number of carbonyl (C=O) groups is 1. The Bertz CT molecular complexity index is 1190. The minimum Gasteiger partial charge on any atom is -0.469 e. The summed E-state index contributed by atoms with van der Waals surface area (Å²) in [7, 11) is 0. The third-order valence-electron chi connectivity index (χ3n) is 4.83. The van der Waals surface area contributed by atoms with E-state index in [4.69, 9.17) is 4.42 Å². The molecule has 0 saturated carbocycles. The molecule has 2 heterocycles. The molecule has 0 saturated heterocycles. The molecule has 0 atom stereocenters. The third-order valence-corrected chi connectivity index (χ3v) is 4.83. The predicted molar refractivity (Wildman–Crippen MR) is 103 cm³/mol. The second kappa shape index (κ2) is 7.50. The highest BCUT2D eigenvalue weighted by Crippen LogP contribution is 2.32. The first-order chi connectivity index (χ1) is 13.9. The fourth-order valence-electron chi connectivity index (χ4n) is 3.41. The zero-order chi connectivity index (χ0) is 20.5. The van der Waals surface area contributed by atoms with E-state index in [0.717, 1.165) is 6.07 Å². The summed E-state index contributed by atoms with van der Waals surface area (Å²) in [4.78, 5) is 15.3. The van der Waals surface area contributed by atoms with Gasteiger partial charge in [-0.25, -0.2) is 13.2 Å². The SMILES string of the molecule is Cc1occc1C(=O)NCCc1c(-c2ccc(F)cc2)[nH]c2c(F)cc(F)cc12. The van der Waals surface area contributed by atoms with Crippen LogP contribution >= 0.6 is 0 Å². The quantitative estimate of drug-likeness (QED) is 0.490. The zero-order valence-corrected chi connectivity index (χ0v) is 15.5. The molecular weight excluding hydrogens is 381 g/mol. The van der Waals surface area contributed by atoms with Gasteiger partial charge in [-0.1, -0.05) is 0 Å². The molecule has 2 aromatic carbocycles. The summed E-state index contributed by atoms with van der Waals surface area (Å²) in [6.45, 7) is 1.93. The van der Waals surface area contributed by atoms with E-state index in [9.17, 15) is 18.0 Å². The molecule has 0 bridgehead atoms. The number of aryl methyl sites for hydroxylation is 1. The van der Waals surface area contributed by atoms with Crippen molar-refractivity contribution in [3.8, 4) is 11.3 Å². The Kier molecular flexibility index (Phi) is 4.88. The molecule has 4 nitrogen and oxygen atoms in total. The van der Waals surface area contributed by atoms with Gasteiger partial charge in [0, 0.05) is 23.7 Å². The molecule has 0 spiro atoms. The molecule has 7 heteroatoms. The molecule has 29 heavy (non-hydrogen) atoms. The van der Waals surface area contributed by atoms with Gasteiger partial charge in [0.1, 0.15) is 23.2 Å². The van der Waals surface area contributed by atoms with Gasteiger partial charge in [0.05, 0.1) is 17.3 Å². The normalized spacial score (nSPS) is 11.2. The number of rotatable bonds is 5. The Morgan fingerprint density at radius 2 is 1.83 bits per heavy atom. The summed E-state index contributed by atoms with van der Waals surface area (Å²) in [5.41, 5.74) is 2.42. The maximum atomic E-state index is 14.3. The van der Waals surface area contributed by atoms with Crippen molar-refractivity contribution < 1.29 is 22.4 Å². The van der Waals surface area contributed by atoms with Crippen LogP contribution in [0.3, 0.4) is 0 Å². The van der Waals surface area contributed by atoms with Gasteiger partial charge in [0.15, 0.2) is 0 Å². The van der Waals surface area contributed by atoms with Crippen LogP contribution < -0.4 is 5.32 Å². The van der Waals surface area contributed by atoms with E-state index in [1.54, 1.807) is 25.1 Å². The summed E-state index contributed by atoms with van der Waals surface area (Å²) in [5.74, 6) is -1.60. The zero-order valence-electron chi connectivity index (χ0n) is 15.5. The van der Waals surface area contributed by atoms with Gasteiger partial charge in [-0.2, -0.15) is 0 Å². The van der Waals surface area contributed by atoms with Crippen LogP contribution in [-0.2, 0) is 6.42 Å². The van der Waals surface area contributed by atoms with Crippen molar-refractivity contribution in [3.63, 3.8) is 0 Å². The summed E-state index contributed by atoms with van der Waals surface area (Å²) < 4.78 is 46.6. The molecule has 148 valence electrons. The number of aromatic amines is 1. The first-order valence-electron chi connectivity index (χ1n) is 9.02. The third kappa shape index (κ3) is 3.63. The smallest absolute Gasteiger partial charge is 0.254 e. The van der Waals surface area contributed by atoms with Crippen molar-refractivity contribution in [2.24, 2.45) is 0 Å². The van der Waals surface area contributed by atoms with E-state index in [2.05, 4.69) is 10.3 Å². The first kappa shape index (κ1) is 18.9. The second-order valence-corrected chi connectivity index (χ2v) is 6.69. The number of halogens is 3. The number of fused-ring (bicyclic) bond motifs is 1. The van der Waals surface area contributed by atoms with E-state index in [1.165, 1.54) is 24.5 Å². The summed E-state index contributed by atoms with van der Waals surface area (Å²) >= 11 is 0. The van der Waals surface area contributed by atoms with Crippen LogP contribution in [0.2, 0.25) is 0 Å². The molecule has 0 aliphatic heterocycles. The minimum absolute atomic E-state index is 0.165. The van der Waals surface area contributed by atoms with Crippen molar-refractivity contribution in [1.82, 2.24) is 10.3 Å². The van der Waals surface area contributed by atoms with Crippen molar-refractivity contribution in [2.45, 2.75) is 13.3 Å². The average Bonchev–Trinajstić information content (AvgIpc) is 3.27. The Morgan fingerprint density at radius 1 is 1.07 bits per heavy atom. The maximum absolute atomic E-state index is 14.3. The fraction of sp³-hybridized carbons (Fsp3) is 0.136. The molecule has 0 fully saturated rings.